The van der Waals surface area contributed by atoms with Crippen LogP contribution >= 0.6 is 0 Å². The average Bonchev–Trinajstić information content (AvgIpc) is 2.73. The molecule has 2 aromatic heterocycles. The molecule has 0 saturated heterocycles. The quantitative estimate of drug-likeness (QED) is 0.640. The van der Waals surface area contributed by atoms with E-state index in [9.17, 15) is 18.0 Å². The number of nitrogens with zero attached hydrogens (tertiary/aromatic N) is 2. The number of pyridine rings is 2. The Hall–Kier alpha value is -3.59. The van der Waals surface area contributed by atoms with E-state index in [2.05, 4.69) is 15.3 Å². The van der Waals surface area contributed by atoms with Crippen LogP contribution in [-0.2, 0) is 16.6 Å². The largest absolute Gasteiger partial charge is 0.348 e. The number of amides is 2. The Balaban J connectivity index is 1.71. The summed E-state index contributed by atoms with van der Waals surface area (Å²) in [7, 11) is -4.25. The Morgan fingerprint density at radius 1 is 0.966 bits per heavy atom. The van der Waals surface area contributed by atoms with Gasteiger partial charge in [-0.3, -0.25) is 14.6 Å². The van der Waals surface area contributed by atoms with Gasteiger partial charge in [-0.05, 0) is 36.8 Å². The molecule has 0 fully saturated rings. The Morgan fingerprint density at radius 2 is 1.72 bits per heavy atom. The maximum absolute atomic E-state index is 12.5. The zero-order valence-corrected chi connectivity index (χ0v) is 16.3. The van der Waals surface area contributed by atoms with Gasteiger partial charge in [0, 0.05) is 30.7 Å². The lowest BCUT2D eigenvalue weighted by atomic mass is 10.1. The molecule has 0 aliphatic heterocycles. The summed E-state index contributed by atoms with van der Waals surface area (Å²) in [6.45, 7) is 2.26. The molecule has 0 aliphatic carbocycles. The molecule has 2 heterocycles. The van der Waals surface area contributed by atoms with E-state index in [1.54, 1.807) is 0 Å². The maximum atomic E-state index is 12.5. The summed E-state index contributed by atoms with van der Waals surface area (Å²) in [5, 5.41) is 2.29. The van der Waals surface area contributed by atoms with Crippen molar-refractivity contribution >= 4 is 21.8 Å². The number of aryl methyl sites for hydroxylation is 1. The van der Waals surface area contributed by atoms with Crippen LogP contribution < -0.4 is 10.0 Å². The second kappa shape index (κ2) is 8.61. The van der Waals surface area contributed by atoms with Gasteiger partial charge in [0.15, 0.2) is 5.03 Å². The molecule has 0 aliphatic rings. The number of carbonyl (C=O) groups excluding carboxylic acids is 2. The average molecular weight is 410 g/mol. The molecule has 29 heavy (non-hydrogen) atoms. The van der Waals surface area contributed by atoms with Gasteiger partial charge in [0.25, 0.3) is 21.8 Å². The van der Waals surface area contributed by atoms with E-state index in [1.807, 2.05) is 35.9 Å². The van der Waals surface area contributed by atoms with Crippen molar-refractivity contribution in [2.45, 2.75) is 18.5 Å². The highest BCUT2D eigenvalue weighted by molar-refractivity contribution is 7.90. The fourth-order valence-corrected chi connectivity index (χ4v) is 3.37. The van der Waals surface area contributed by atoms with Gasteiger partial charge in [0.1, 0.15) is 0 Å². The molecule has 148 valence electrons. The molecule has 2 N–H and O–H groups in total. The summed E-state index contributed by atoms with van der Waals surface area (Å²) in [6, 6.07) is 13.1. The van der Waals surface area contributed by atoms with Crippen LogP contribution in [-0.4, -0.2) is 30.2 Å². The van der Waals surface area contributed by atoms with Gasteiger partial charge in [-0.2, -0.15) is 8.42 Å². The number of sulfonamides is 1. The van der Waals surface area contributed by atoms with E-state index < -0.39 is 26.9 Å². The maximum Gasteiger partial charge on any atom is 0.281 e. The first-order valence-electron chi connectivity index (χ1n) is 8.62. The van der Waals surface area contributed by atoms with Crippen molar-refractivity contribution in [3.63, 3.8) is 0 Å². The lowest BCUT2D eigenvalue weighted by molar-refractivity contribution is 0.0949. The summed E-state index contributed by atoms with van der Waals surface area (Å²) in [4.78, 5) is 32.0. The SMILES string of the molecule is Cc1ccc(CNC(=O)c2ccnc(S(=O)(=O)NC(=O)c3cccnc3)c2)cc1. The number of hydrogen-bond acceptors (Lipinski definition) is 6. The minimum absolute atomic E-state index is 0.0862. The molecule has 3 rings (SSSR count). The highest BCUT2D eigenvalue weighted by atomic mass is 32.2. The van der Waals surface area contributed by atoms with Gasteiger partial charge >= 0.3 is 0 Å². The Labute approximate surface area is 168 Å². The van der Waals surface area contributed by atoms with Crippen LogP contribution in [0.4, 0.5) is 0 Å². The summed E-state index contributed by atoms with van der Waals surface area (Å²) in [5.74, 6) is -1.29. The number of rotatable bonds is 6. The van der Waals surface area contributed by atoms with Crippen LogP contribution in [0.1, 0.15) is 31.8 Å². The van der Waals surface area contributed by atoms with Crippen LogP contribution in [0.3, 0.4) is 0 Å². The Morgan fingerprint density at radius 3 is 2.41 bits per heavy atom. The van der Waals surface area contributed by atoms with Crippen molar-refractivity contribution in [1.82, 2.24) is 20.0 Å². The predicted octanol–water partition coefficient (Wildman–Crippen LogP) is 1.83. The highest BCUT2D eigenvalue weighted by Crippen LogP contribution is 2.10. The van der Waals surface area contributed by atoms with Gasteiger partial charge in [-0.1, -0.05) is 29.8 Å². The third kappa shape index (κ3) is 5.23. The van der Waals surface area contributed by atoms with Crippen molar-refractivity contribution in [3.05, 3.63) is 89.4 Å². The number of carbonyl (C=O) groups is 2. The number of nitrogens with one attached hydrogen (secondary N) is 2. The van der Waals surface area contributed by atoms with Crippen LogP contribution in [0.15, 0.2) is 72.1 Å². The topological polar surface area (TPSA) is 118 Å². The molecule has 3 aromatic rings. The Kier molecular flexibility index (Phi) is 5.99. The summed E-state index contributed by atoms with van der Waals surface area (Å²) >= 11 is 0. The van der Waals surface area contributed by atoms with Crippen molar-refractivity contribution in [2.24, 2.45) is 0 Å². The molecule has 0 spiro atoms. The second-order valence-electron chi connectivity index (χ2n) is 6.23. The van der Waals surface area contributed by atoms with Gasteiger partial charge in [-0.25, -0.2) is 9.71 Å². The van der Waals surface area contributed by atoms with Crippen LogP contribution in [0.25, 0.3) is 0 Å². The highest BCUT2D eigenvalue weighted by Gasteiger charge is 2.21. The summed E-state index contributed by atoms with van der Waals surface area (Å²) in [5.41, 5.74) is 2.22. The molecule has 0 radical (unpaired) electrons. The Bertz CT molecular complexity index is 1130. The number of hydrogen-bond donors (Lipinski definition) is 2. The fraction of sp³-hybridized carbons (Fsp3) is 0.100. The van der Waals surface area contributed by atoms with Crippen molar-refractivity contribution in [3.8, 4) is 0 Å². The van der Waals surface area contributed by atoms with Crippen LogP contribution in [0.2, 0.25) is 0 Å². The minimum Gasteiger partial charge on any atom is -0.348 e. The first kappa shape index (κ1) is 20.2. The molecular weight excluding hydrogens is 392 g/mol. The van der Waals surface area contributed by atoms with E-state index in [-0.39, 0.29) is 11.1 Å². The van der Waals surface area contributed by atoms with Crippen molar-refractivity contribution < 1.29 is 18.0 Å². The molecule has 1 aromatic carbocycles. The lowest BCUT2D eigenvalue weighted by Crippen LogP contribution is -2.31. The number of aromatic nitrogens is 2. The van der Waals surface area contributed by atoms with E-state index in [0.717, 1.165) is 17.2 Å². The van der Waals surface area contributed by atoms with Crippen molar-refractivity contribution in [1.29, 1.82) is 0 Å². The third-order valence-electron chi connectivity index (χ3n) is 4.00. The second-order valence-corrected chi connectivity index (χ2v) is 7.86. The molecular formula is C20H18N4O4S. The van der Waals surface area contributed by atoms with Crippen LogP contribution in [0.5, 0.6) is 0 Å². The monoisotopic (exact) mass is 410 g/mol. The third-order valence-corrected chi connectivity index (χ3v) is 5.22. The van der Waals surface area contributed by atoms with E-state index in [1.165, 1.54) is 36.8 Å². The van der Waals surface area contributed by atoms with E-state index in [0.29, 0.717) is 6.54 Å². The van der Waals surface area contributed by atoms with Crippen LogP contribution in [0, 0.1) is 6.92 Å². The zero-order chi connectivity index (χ0) is 20.9. The van der Waals surface area contributed by atoms with Gasteiger partial charge in [0.05, 0.1) is 5.56 Å². The molecule has 0 bridgehead atoms. The van der Waals surface area contributed by atoms with Gasteiger partial charge < -0.3 is 5.32 Å². The molecule has 0 atom stereocenters. The normalized spacial score (nSPS) is 10.9. The molecule has 0 unspecified atom stereocenters. The fourth-order valence-electron chi connectivity index (χ4n) is 2.42. The van der Waals surface area contributed by atoms with E-state index >= 15 is 0 Å². The standard InChI is InChI=1S/C20H18N4O4S/c1-14-4-6-15(7-5-14)12-23-19(25)16-8-10-22-18(11-16)29(27,28)24-20(26)17-3-2-9-21-13-17/h2-11,13H,12H2,1H3,(H,23,25)(H,24,26). The minimum atomic E-state index is -4.25. The van der Waals surface area contributed by atoms with E-state index in [4.69, 9.17) is 0 Å². The molecule has 8 nitrogen and oxygen atoms in total. The lowest BCUT2D eigenvalue weighted by Gasteiger charge is -2.09. The molecule has 9 heteroatoms. The first-order valence-corrected chi connectivity index (χ1v) is 10.1. The summed E-state index contributed by atoms with van der Waals surface area (Å²) < 4.78 is 26.8. The van der Waals surface area contributed by atoms with Gasteiger partial charge in [0.2, 0.25) is 0 Å². The smallest absolute Gasteiger partial charge is 0.281 e. The number of benzene rings is 1. The first-order chi connectivity index (χ1) is 13.8. The molecule has 2 amide bonds. The van der Waals surface area contributed by atoms with Gasteiger partial charge in [-0.15, -0.1) is 0 Å². The molecule has 0 saturated carbocycles. The predicted molar refractivity (Wildman–Crippen MR) is 105 cm³/mol. The summed E-state index contributed by atoms with van der Waals surface area (Å²) in [6.07, 6.45) is 3.91. The van der Waals surface area contributed by atoms with Crippen molar-refractivity contribution in [2.75, 3.05) is 0 Å². The zero-order valence-electron chi connectivity index (χ0n) is 15.5.